The number of rotatable bonds is 2. The highest BCUT2D eigenvalue weighted by molar-refractivity contribution is 5.86. The molecular weight excluding hydrogens is 230 g/mol. The molecular formula is C12H11N5O. The van der Waals surface area contributed by atoms with E-state index in [9.17, 15) is 0 Å². The Hall–Kier alpha value is -2.63. The molecule has 2 aromatic rings. The lowest BCUT2D eigenvalue weighted by molar-refractivity contribution is 0.460. The normalized spacial score (nSPS) is 14.2. The van der Waals surface area contributed by atoms with Crippen molar-refractivity contribution < 1.29 is 4.52 Å². The van der Waals surface area contributed by atoms with Crippen LogP contribution in [0.15, 0.2) is 46.5 Å². The Morgan fingerprint density at radius 1 is 1.33 bits per heavy atom. The highest BCUT2D eigenvalue weighted by atomic mass is 16.5. The molecule has 0 aliphatic carbocycles. The van der Waals surface area contributed by atoms with Crippen LogP contribution < -0.4 is 10.2 Å². The zero-order chi connectivity index (χ0) is 12.4. The number of pyridine rings is 1. The molecule has 0 fully saturated rings. The Morgan fingerprint density at radius 2 is 2.28 bits per heavy atom. The summed E-state index contributed by atoms with van der Waals surface area (Å²) in [7, 11) is 1.78. The van der Waals surface area contributed by atoms with Crippen LogP contribution >= 0.6 is 0 Å². The minimum absolute atomic E-state index is 0.641. The lowest BCUT2D eigenvalue weighted by atomic mass is 10.3. The zero-order valence-electron chi connectivity index (χ0n) is 9.74. The highest BCUT2D eigenvalue weighted by Crippen LogP contribution is 2.25. The number of nitrogens with one attached hydrogen (secondary N) is 1. The molecule has 0 bridgehead atoms. The van der Waals surface area contributed by atoms with Gasteiger partial charge in [-0.1, -0.05) is 5.16 Å². The largest absolute Gasteiger partial charge is 0.369 e. The van der Waals surface area contributed by atoms with Gasteiger partial charge in [0.25, 0.3) is 0 Å². The van der Waals surface area contributed by atoms with Gasteiger partial charge in [0.1, 0.15) is 0 Å². The minimum Gasteiger partial charge on any atom is -0.369 e. The smallest absolute Gasteiger partial charge is 0.195 e. The molecule has 0 radical (unpaired) electrons. The summed E-state index contributed by atoms with van der Waals surface area (Å²) in [4.78, 5) is 10.3. The summed E-state index contributed by atoms with van der Waals surface area (Å²) in [5, 5.41) is 6.82. The molecule has 0 saturated carbocycles. The third-order valence-electron chi connectivity index (χ3n) is 2.56. The van der Waals surface area contributed by atoms with Gasteiger partial charge in [-0.3, -0.25) is 4.99 Å². The van der Waals surface area contributed by atoms with Crippen LogP contribution in [-0.2, 0) is 0 Å². The highest BCUT2D eigenvalue weighted by Gasteiger charge is 2.10. The van der Waals surface area contributed by atoms with Crippen LogP contribution in [0.3, 0.4) is 0 Å². The Balaban J connectivity index is 2.03. The van der Waals surface area contributed by atoms with Gasteiger partial charge in [-0.15, -0.1) is 0 Å². The number of aliphatic imine (C=N–C) groups is 1. The van der Waals surface area contributed by atoms with Gasteiger partial charge in [0.2, 0.25) is 0 Å². The summed E-state index contributed by atoms with van der Waals surface area (Å²) >= 11 is 0. The van der Waals surface area contributed by atoms with Crippen molar-refractivity contribution in [3.05, 3.63) is 36.9 Å². The van der Waals surface area contributed by atoms with Crippen LogP contribution in [0.1, 0.15) is 0 Å². The molecule has 3 rings (SSSR count). The van der Waals surface area contributed by atoms with Gasteiger partial charge in [0.15, 0.2) is 16.9 Å². The quantitative estimate of drug-likeness (QED) is 0.872. The molecule has 0 aromatic carbocycles. The van der Waals surface area contributed by atoms with Crippen molar-refractivity contribution in [3.8, 4) is 0 Å². The third kappa shape index (κ3) is 1.73. The fourth-order valence-electron chi connectivity index (χ4n) is 1.69. The first-order valence-corrected chi connectivity index (χ1v) is 5.46. The second-order valence-electron chi connectivity index (χ2n) is 3.67. The molecule has 0 atom stereocenters. The average molecular weight is 241 g/mol. The Morgan fingerprint density at radius 3 is 3.17 bits per heavy atom. The van der Waals surface area contributed by atoms with Crippen LogP contribution in [0.25, 0.3) is 11.1 Å². The molecule has 0 saturated heterocycles. The maximum absolute atomic E-state index is 5.22. The number of fused-ring (bicyclic) bond motifs is 1. The molecule has 1 N–H and O–H groups in total. The third-order valence-corrected chi connectivity index (χ3v) is 2.56. The number of aromatic nitrogens is 2. The molecule has 1 aliphatic heterocycles. The molecule has 2 aromatic heterocycles. The predicted octanol–water partition coefficient (Wildman–Crippen LogP) is 2.14. The van der Waals surface area contributed by atoms with Crippen molar-refractivity contribution in [2.75, 3.05) is 17.3 Å². The average Bonchev–Trinajstić information content (AvgIpc) is 2.62. The Bertz CT molecular complexity index is 640. The van der Waals surface area contributed by atoms with E-state index in [1.165, 1.54) is 0 Å². The number of allylic oxidation sites excluding steroid dienone is 1. The van der Waals surface area contributed by atoms with E-state index in [1.807, 2.05) is 29.4 Å². The molecule has 1 aliphatic rings. The Labute approximate surface area is 103 Å². The van der Waals surface area contributed by atoms with E-state index in [2.05, 4.69) is 20.4 Å². The van der Waals surface area contributed by atoms with Gasteiger partial charge in [-0.2, -0.15) is 0 Å². The van der Waals surface area contributed by atoms with E-state index < -0.39 is 0 Å². The summed E-state index contributed by atoms with van der Waals surface area (Å²) < 4.78 is 5.22. The molecule has 3 heterocycles. The minimum atomic E-state index is 0.641. The van der Waals surface area contributed by atoms with Crippen LogP contribution in [-0.4, -0.2) is 23.4 Å². The van der Waals surface area contributed by atoms with Gasteiger partial charge in [0.05, 0.1) is 11.9 Å². The first-order chi connectivity index (χ1) is 8.88. The predicted molar refractivity (Wildman–Crippen MR) is 70.6 cm³/mol. The molecule has 0 amide bonds. The Kier molecular flexibility index (Phi) is 2.53. The van der Waals surface area contributed by atoms with E-state index in [0.717, 1.165) is 11.2 Å². The van der Waals surface area contributed by atoms with Crippen molar-refractivity contribution in [3.63, 3.8) is 0 Å². The first-order valence-electron chi connectivity index (χ1n) is 5.46. The van der Waals surface area contributed by atoms with E-state index in [4.69, 9.17) is 4.52 Å². The fraction of sp³-hybridized carbons (Fsp3) is 0.0833. The van der Waals surface area contributed by atoms with Crippen molar-refractivity contribution in [1.29, 1.82) is 0 Å². The molecule has 90 valence electrons. The number of hydrogen-bond acceptors (Lipinski definition) is 6. The zero-order valence-corrected chi connectivity index (χ0v) is 9.74. The molecule has 0 spiro atoms. The summed E-state index contributed by atoms with van der Waals surface area (Å²) in [6.45, 7) is 0. The fourth-order valence-corrected chi connectivity index (χ4v) is 1.69. The first kappa shape index (κ1) is 10.5. The summed E-state index contributed by atoms with van der Waals surface area (Å²) in [5.74, 6) is 0.641. The summed E-state index contributed by atoms with van der Waals surface area (Å²) in [5.41, 5.74) is 2.25. The standard InChI is InChI=1S/C12H11N5O/c1-13-12-11-10(18-16-12)7-9(8-15-11)17-5-2-3-14-4-6-17/h2-8H,1H3,(H,13,16). The maximum Gasteiger partial charge on any atom is 0.195 e. The van der Waals surface area contributed by atoms with Crippen molar-refractivity contribution in [2.24, 2.45) is 4.99 Å². The van der Waals surface area contributed by atoms with Gasteiger partial charge < -0.3 is 14.7 Å². The van der Waals surface area contributed by atoms with Crippen molar-refractivity contribution >= 4 is 28.8 Å². The topological polar surface area (TPSA) is 66.6 Å². The second kappa shape index (κ2) is 4.33. The lowest BCUT2D eigenvalue weighted by Gasteiger charge is -2.13. The van der Waals surface area contributed by atoms with E-state index in [-0.39, 0.29) is 0 Å². The second-order valence-corrected chi connectivity index (χ2v) is 3.67. The summed E-state index contributed by atoms with van der Waals surface area (Å²) in [6, 6.07) is 1.89. The van der Waals surface area contributed by atoms with E-state index >= 15 is 0 Å². The van der Waals surface area contributed by atoms with Crippen molar-refractivity contribution in [2.45, 2.75) is 0 Å². The van der Waals surface area contributed by atoms with Crippen molar-refractivity contribution in [1.82, 2.24) is 10.1 Å². The molecule has 0 unspecified atom stereocenters. The lowest BCUT2D eigenvalue weighted by Crippen LogP contribution is -2.06. The molecule has 6 heteroatoms. The van der Waals surface area contributed by atoms with Crippen LogP contribution in [0.2, 0.25) is 0 Å². The number of anilines is 2. The van der Waals surface area contributed by atoms with Gasteiger partial charge in [0, 0.05) is 37.9 Å². The van der Waals surface area contributed by atoms with E-state index in [1.54, 1.807) is 25.7 Å². The van der Waals surface area contributed by atoms with Crippen LogP contribution in [0, 0.1) is 0 Å². The SMILES string of the molecule is CNc1noc2cc(N3C=CC=NC=C3)cnc12. The number of nitrogens with zero attached hydrogens (tertiary/aromatic N) is 4. The molecule has 18 heavy (non-hydrogen) atoms. The maximum atomic E-state index is 5.22. The van der Waals surface area contributed by atoms with Crippen LogP contribution in [0.5, 0.6) is 0 Å². The summed E-state index contributed by atoms with van der Waals surface area (Å²) in [6.07, 6.45) is 10.8. The monoisotopic (exact) mass is 241 g/mol. The van der Waals surface area contributed by atoms with Gasteiger partial charge in [-0.05, 0) is 6.08 Å². The number of hydrogen-bond donors (Lipinski definition) is 1. The van der Waals surface area contributed by atoms with Crippen LogP contribution in [0.4, 0.5) is 11.5 Å². The van der Waals surface area contributed by atoms with E-state index in [0.29, 0.717) is 11.4 Å². The molecule has 6 nitrogen and oxygen atoms in total. The van der Waals surface area contributed by atoms with Gasteiger partial charge >= 0.3 is 0 Å². The van der Waals surface area contributed by atoms with Gasteiger partial charge in [-0.25, -0.2) is 4.98 Å².